The molecule has 0 unspecified atom stereocenters. The molecule has 2 heteroatoms. The number of aryl methyl sites for hydroxylation is 1. The molecule has 48 valence electrons. The fraction of sp³-hybridized carbons (Fsp3) is 0.286. The molecule has 0 aliphatic heterocycles. The minimum Gasteiger partial charge on any atom is -0.295 e. The quantitative estimate of drug-likeness (QED) is 0.512. The van der Waals surface area contributed by atoms with E-state index in [4.69, 9.17) is 0 Å². The first-order valence-corrected chi connectivity index (χ1v) is 2.85. The Labute approximate surface area is 54.1 Å². The normalized spacial score (nSPS) is 9.56. The predicted octanol–water partition coefficient (Wildman–Crippen LogP) is 1.46. The van der Waals surface area contributed by atoms with Crippen LogP contribution in [0.15, 0.2) is 18.5 Å². The number of carbonyl (C=O) groups is 1. The summed E-state index contributed by atoms with van der Waals surface area (Å²) in [4.78, 5) is 10.6. The molecule has 0 saturated heterocycles. The Morgan fingerprint density at radius 1 is 1.67 bits per heavy atom. The van der Waals surface area contributed by atoms with Gasteiger partial charge in [0.05, 0.1) is 0 Å². The van der Waals surface area contributed by atoms with Crippen molar-refractivity contribution in [2.24, 2.45) is 0 Å². The van der Waals surface area contributed by atoms with Gasteiger partial charge < -0.3 is 0 Å². The molecule has 0 aromatic carbocycles. The molecular weight excluding hydrogens is 114 g/mol. The van der Waals surface area contributed by atoms with Gasteiger partial charge in [0, 0.05) is 19.3 Å². The van der Waals surface area contributed by atoms with Gasteiger partial charge in [0.15, 0.2) is 0 Å². The summed E-state index contributed by atoms with van der Waals surface area (Å²) in [7, 11) is 0. The van der Waals surface area contributed by atoms with Crippen LogP contribution in [-0.2, 0) is 0 Å². The number of hydrogen-bond donors (Lipinski definition) is 0. The van der Waals surface area contributed by atoms with Crippen LogP contribution in [0.4, 0.5) is 0 Å². The summed E-state index contributed by atoms with van der Waals surface area (Å²) >= 11 is 0. The standard InChI is InChI=1S/C7H9NO/c1-6-3-4-8(5-6)7(2)9/h3-5H,1-2H3. The van der Waals surface area contributed by atoms with Crippen molar-refractivity contribution in [3.8, 4) is 0 Å². The zero-order chi connectivity index (χ0) is 6.85. The Hall–Kier alpha value is -1.05. The number of nitrogens with zero attached hydrogens (tertiary/aromatic N) is 1. The summed E-state index contributed by atoms with van der Waals surface area (Å²) in [6.45, 7) is 3.50. The molecule has 2 nitrogen and oxygen atoms in total. The lowest BCUT2D eigenvalue weighted by Gasteiger charge is -1.89. The lowest BCUT2D eigenvalue weighted by Crippen LogP contribution is -2.00. The third-order valence-corrected chi connectivity index (χ3v) is 1.20. The summed E-state index contributed by atoms with van der Waals surface area (Å²) in [6, 6.07) is 1.90. The Kier molecular flexibility index (Phi) is 1.39. The lowest BCUT2D eigenvalue weighted by molar-refractivity contribution is 0.0937. The van der Waals surface area contributed by atoms with Crippen LogP contribution in [-0.4, -0.2) is 10.5 Å². The molecule has 0 bridgehead atoms. The number of carbonyl (C=O) groups excluding carboxylic acids is 1. The summed E-state index contributed by atoms with van der Waals surface area (Å²) in [5, 5.41) is 0. The monoisotopic (exact) mass is 123 g/mol. The van der Waals surface area contributed by atoms with Crippen molar-refractivity contribution in [3.05, 3.63) is 24.0 Å². The van der Waals surface area contributed by atoms with E-state index < -0.39 is 0 Å². The minimum absolute atomic E-state index is 0.0584. The molecule has 0 aliphatic carbocycles. The molecule has 0 radical (unpaired) electrons. The first-order chi connectivity index (χ1) is 4.20. The van der Waals surface area contributed by atoms with Crippen molar-refractivity contribution < 1.29 is 4.79 Å². The smallest absolute Gasteiger partial charge is 0.227 e. The van der Waals surface area contributed by atoms with Crippen molar-refractivity contribution in [1.82, 2.24) is 4.57 Å². The van der Waals surface area contributed by atoms with Crippen LogP contribution in [0.1, 0.15) is 17.3 Å². The van der Waals surface area contributed by atoms with E-state index in [0.717, 1.165) is 5.56 Å². The third-order valence-electron chi connectivity index (χ3n) is 1.20. The molecule has 0 aliphatic rings. The zero-order valence-electron chi connectivity index (χ0n) is 5.59. The van der Waals surface area contributed by atoms with Crippen LogP contribution in [0.5, 0.6) is 0 Å². The van der Waals surface area contributed by atoms with Crippen LogP contribution in [0.2, 0.25) is 0 Å². The van der Waals surface area contributed by atoms with Gasteiger partial charge in [-0.05, 0) is 18.6 Å². The first kappa shape index (κ1) is 6.08. The van der Waals surface area contributed by atoms with Crippen LogP contribution in [0.25, 0.3) is 0 Å². The van der Waals surface area contributed by atoms with Gasteiger partial charge in [0.1, 0.15) is 0 Å². The average molecular weight is 123 g/mol. The molecule has 0 amide bonds. The van der Waals surface area contributed by atoms with Crippen molar-refractivity contribution in [2.75, 3.05) is 0 Å². The van der Waals surface area contributed by atoms with Gasteiger partial charge in [0.2, 0.25) is 5.91 Å². The van der Waals surface area contributed by atoms with Gasteiger partial charge in [-0.25, -0.2) is 0 Å². The highest BCUT2D eigenvalue weighted by molar-refractivity contribution is 5.76. The van der Waals surface area contributed by atoms with Crippen LogP contribution >= 0.6 is 0 Å². The summed E-state index contributed by atoms with van der Waals surface area (Å²) < 4.78 is 1.56. The largest absolute Gasteiger partial charge is 0.295 e. The molecule has 0 spiro atoms. The van der Waals surface area contributed by atoms with Crippen LogP contribution in [0, 0.1) is 6.92 Å². The zero-order valence-corrected chi connectivity index (χ0v) is 5.59. The van der Waals surface area contributed by atoms with E-state index in [0.29, 0.717) is 0 Å². The van der Waals surface area contributed by atoms with E-state index in [2.05, 4.69) is 0 Å². The number of hydrogen-bond acceptors (Lipinski definition) is 1. The second-order valence-corrected chi connectivity index (χ2v) is 2.12. The predicted molar refractivity (Wildman–Crippen MR) is 35.5 cm³/mol. The van der Waals surface area contributed by atoms with Gasteiger partial charge in [-0.1, -0.05) is 0 Å². The van der Waals surface area contributed by atoms with E-state index in [1.54, 1.807) is 17.7 Å². The Balaban J connectivity index is 2.98. The maximum atomic E-state index is 10.6. The maximum Gasteiger partial charge on any atom is 0.227 e. The molecule has 1 heterocycles. The molecular formula is C7H9NO. The second kappa shape index (κ2) is 2.05. The van der Waals surface area contributed by atoms with Crippen molar-refractivity contribution in [3.63, 3.8) is 0 Å². The van der Waals surface area contributed by atoms with Crippen molar-refractivity contribution >= 4 is 5.91 Å². The van der Waals surface area contributed by atoms with Crippen LogP contribution < -0.4 is 0 Å². The molecule has 0 fully saturated rings. The Morgan fingerprint density at radius 2 is 2.33 bits per heavy atom. The van der Waals surface area contributed by atoms with E-state index in [1.165, 1.54) is 0 Å². The summed E-state index contributed by atoms with van der Waals surface area (Å²) in [5.74, 6) is 0.0584. The third kappa shape index (κ3) is 1.19. The summed E-state index contributed by atoms with van der Waals surface area (Å²) in [5.41, 5.74) is 1.12. The van der Waals surface area contributed by atoms with Crippen LogP contribution in [0.3, 0.4) is 0 Å². The Bertz CT molecular complexity index is 225. The first-order valence-electron chi connectivity index (χ1n) is 2.85. The van der Waals surface area contributed by atoms with Gasteiger partial charge >= 0.3 is 0 Å². The maximum absolute atomic E-state index is 10.6. The SMILES string of the molecule is CC(=O)n1ccc(C)c1. The molecule has 1 rings (SSSR count). The van der Waals surface area contributed by atoms with Gasteiger partial charge in [-0.3, -0.25) is 9.36 Å². The highest BCUT2D eigenvalue weighted by Gasteiger charge is 1.93. The lowest BCUT2D eigenvalue weighted by atomic mass is 10.4. The molecule has 1 aromatic rings. The molecule has 0 saturated carbocycles. The summed E-state index contributed by atoms with van der Waals surface area (Å²) in [6.07, 6.45) is 3.57. The van der Waals surface area contributed by atoms with E-state index in [1.807, 2.05) is 19.2 Å². The van der Waals surface area contributed by atoms with Gasteiger partial charge in [0.25, 0.3) is 0 Å². The molecule has 1 aromatic heterocycles. The fourth-order valence-corrected chi connectivity index (χ4v) is 0.699. The van der Waals surface area contributed by atoms with Crippen molar-refractivity contribution in [1.29, 1.82) is 0 Å². The van der Waals surface area contributed by atoms with Crippen molar-refractivity contribution in [2.45, 2.75) is 13.8 Å². The highest BCUT2D eigenvalue weighted by atomic mass is 16.1. The molecule has 0 atom stereocenters. The van der Waals surface area contributed by atoms with E-state index in [-0.39, 0.29) is 5.91 Å². The number of rotatable bonds is 0. The average Bonchev–Trinajstić information content (AvgIpc) is 2.14. The minimum atomic E-state index is 0.0584. The highest BCUT2D eigenvalue weighted by Crippen LogP contribution is 1.96. The second-order valence-electron chi connectivity index (χ2n) is 2.12. The van der Waals surface area contributed by atoms with E-state index >= 15 is 0 Å². The topological polar surface area (TPSA) is 22.0 Å². The van der Waals surface area contributed by atoms with Gasteiger partial charge in [-0.2, -0.15) is 0 Å². The fourth-order valence-electron chi connectivity index (χ4n) is 0.699. The molecule has 0 N–H and O–H groups in total. The Morgan fingerprint density at radius 3 is 2.56 bits per heavy atom. The molecule has 9 heavy (non-hydrogen) atoms. The number of aromatic nitrogens is 1. The van der Waals surface area contributed by atoms with Gasteiger partial charge in [-0.15, -0.1) is 0 Å². The van der Waals surface area contributed by atoms with E-state index in [9.17, 15) is 4.79 Å².